The Labute approximate surface area is 311 Å². The second-order valence-electron chi connectivity index (χ2n) is 13.0. The number of hydrogen-bond donors (Lipinski definition) is 0. The van der Waals surface area contributed by atoms with Crippen LogP contribution in [0.2, 0.25) is 20.1 Å². The molecule has 4 aromatic rings. The van der Waals surface area contributed by atoms with Crippen molar-refractivity contribution in [3.8, 4) is 0 Å². The van der Waals surface area contributed by atoms with Crippen molar-refractivity contribution in [1.29, 1.82) is 0 Å². The fourth-order valence-corrected chi connectivity index (χ4v) is 7.59. The van der Waals surface area contributed by atoms with Crippen molar-refractivity contribution >= 4 is 80.7 Å². The van der Waals surface area contributed by atoms with Crippen molar-refractivity contribution in [1.82, 2.24) is 0 Å². The number of nitrogens with zero attached hydrogens (tertiary/aromatic N) is 2. The van der Waals surface area contributed by atoms with Crippen LogP contribution in [0, 0.1) is 13.8 Å². The van der Waals surface area contributed by atoms with E-state index in [0.717, 1.165) is 39.6 Å². The molecule has 0 saturated heterocycles. The van der Waals surface area contributed by atoms with Gasteiger partial charge in [-0.2, -0.15) is 0 Å². The van der Waals surface area contributed by atoms with Crippen molar-refractivity contribution in [2.75, 3.05) is 6.61 Å². The van der Waals surface area contributed by atoms with Crippen LogP contribution in [-0.2, 0) is 15.6 Å². The van der Waals surface area contributed by atoms with Crippen LogP contribution in [0.3, 0.4) is 0 Å². The molecule has 0 bridgehead atoms. The van der Waals surface area contributed by atoms with E-state index in [9.17, 15) is 4.79 Å². The van der Waals surface area contributed by atoms with E-state index >= 15 is 0 Å². The number of aliphatic imine (C=N–C) groups is 2. The molecule has 0 aromatic heterocycles. The van der Waals surface area contributed by atoms with E-state index in [1.54, 1.807) is 19.1 Å². The Kier molecular flexibility index (Phi) is 11.5. The Balaban J connectivity index is 0.000000190. The van der Waals surface area contributed by atoms with E-state index in [0.29, 0.717) is 32.3 Å². The minimum atomic E-state index is -0.287. The molecule has 9 heteroatoms. The lowest BCUT2D eigenvalue weighted by atomic mass is 9.79. The third-order valence-corrected chi connectivity index (χ3v) is 10.8. The summed E-state index contributed by atoms with van der Waals surface area (Å²) in [6, 6.07) is 23.8. The summed E-state index contributed by atoms with van der Waals surface area (Å²) in [5.41, 5.74) is 6.86. The largest absolute Gasteiger partial charge is 0.462 e. The van der Waals surface area contributed by atoms with E-state index in [2.05, 4.69) is 54.9 Å². The monoisotopic (exact) mass is 784 g/mol. The number of carbonyl (C=O) groups excluding carboxylic acids is 1. The zero-order valence-electron chi connectivity index (χ0n) is 27.5. The molecule has 0 spiro atoms. The van der Waals surface area contributed by atoms with Gasteiger partial charge in [-0.25, -0.2) is 4.79 Å². The molecule has 0 aliphatic carbocycles. The van der Waals surface area contributed by atoms with Crippen molar-refractivity contribution in [3.05, 3.63) is 136 Å². The van der Waals surface area contributed by atoms with Crippen LogP contribution in [0.4, 0.5) is 0 Å². The highest BCUT2D eigenvalue weighted by Crippen LogP contribution is 2.43. The lowest BCUT2D eigenvalue weighted by Gasteiger charge is -2.23. The van der Waals surface area contributed by atoms with Gasteiger partial charge in [-0.05, 0) is 116 Å². The zero-order valence-corrected chi connectivity index (χ0v) is 32.1. The standard InChI is InChI=1S/C21H21Cl2NO2.C18H16BrCl2N/c1-4-26-20(25)18-6-5-14(7-13(18)2)19-11-21(3,12-24-19)15-8-16(22)10-17(23)9-15;1-11-5-12(3-4-16(11)19)17-9-18(2,10-22-17)13-6-14(20)8-15(21)7-13/h5-10,12,19H,4,11H2,1-3H3;3-8,10,17H,9H2,1-2H3. The van der Waals surface area contributed by atoms with Crippen molar-refractivity contribution in [2.24, 2.45) is 9.98 Å². The Morgan fingerprint density at radius 2 is 1.17 bits per heavy atom. The molecule has 4 atom stereocenters. The second-order valence-corrected chi connectivity index (χ2v) is 15.6. The van der Waals surface area contributed by atoms with Crippen LogP contribution >= 0.6 is 62.3 Å². The quantitative estimate of drug-likeness (QED) is 0.183. The van der Waals surface area contributed by atoms with Gasteiger partial charge in [0.15, 0.2) is 0 Å². The lowest BCUT2D eigenvalue weighted by molar-refractivity contribution is 0.0525. The Hall–Kier alpha value is -2.67. The first-order chi connectivity index (χ1) is 22.7. The van der Waals surface area contributed by atoms with Gasteiger partial charge >= 0.3 is 5.97 Å². The van der Waals surface area contributed by atoms with Gasteiger partial charge in [0.1, 0.15) is 0 Å². The predicted octanol–water partition coefficient (Wildman–Crippen LogP) is 12.5. The van der Waals surface area contributed by atoms with Gasteiger partial charge in [0, 0.05) is 47.8 Å². The topological polar surface area (TPSA) is 51.0 Å². The first-order valence-electron chi connectivity index (χ1n) is 15.8. The van der Waals surface area contributed by atoms with E-state index in [1.165, 1.54) is 11.1 Å². The van der Waals surface area contributed by atoms with Gasteiger partial charge in [0.2, 0.25) is 0 Å². The van der Waals surface area contributed by atoms with Crippen molar-refractivity contribution in [2.45, 2.75) is 70.4 Å². The maximum absolute atomic E-state index is 12.0. The average Bonchev–Trinajstić information content (AvgIpc) is 3.63. The average molecular weight is 787 g/mol. The third kappa shape index (κ3) is 8.37. The normalized spacial score (nSPS) is 22.8. The van der Waals surface area contributed by atoms with Crippen LogP contribution in [0.15, 0.2) is 87.3 Å². The van der Waals surface area contributed by atoms with E-state index in [-0.39, 0.29) is 28.9 Å². The molecule has 0 amide bonds. The molecule has 0 N–H and O–H groups in total. The smallest absolute Gasteiger partial charge is 0.338 e. The number of halogens is 5. The lowest BCUT2D eigenvalue weighted by Crippen LogP contribution is -2.21. The summed E-state index contributed by atoms with van der Waals surface area (Å²) in [5, 5.41) is 2.58. The molecule has 0 fully saturated rings. The van der Waals surface area contributed by atoms with Crippen LogP contribution in [0.5, 0.6) is 0 Å². The number of esters is 1. The fraction of sp³-hybridized carbons (Fsp3) is 0.308. The highest BCUT2D eigenvalue weighted by Gasteiger charge is 2.36. The second kappa shape index (κ2) is 15.1. The number of rotatable bonds is 6. The summed E-state index contributed by atoms with van der Waals surface area (Å²) in [4.78, 5) is 21.4. The molecule has 0 saturated carbocycles. The minimum Gasteiger partial charge on any atom is -0.462 e. The summed E-state index contributed by atoms with van der Waals surface area (Å²) >= 11 is 28.2. The number of carbonyl (C=O) groups is 1. The van der Waals surface area contributed by atoms with Crippen LogP contribution < -0.4 is 0 Å². The molecule has 48 heavy (non-hydrogen) atoms. The maximum atomic E-state index is 12.0. The number of benzene rings is 4. The highest BCUT2D eigenvalue weighted by molar-refractivity contribution is 9.10. The molecule has 6 rings (SSSR count). The summed E-state index contributed by atoms with van der Waals surface area (Å²) in [7, 11) is 0. The summed E-state index contributed by atoms with van der Waals surface area (Å²) < 4.78 is 6.22. The molecule has 2 heterocycles. The van der Waals surface area contributed by atoms with Gasteiger partial charge in [0.05, 0.1) is 24.3 Å². The zero-order chi connectivity index (χ0) is 34.8. The van der Waals surface area contributed by atoms with Crippen molar-refractivity contribution in [3.63, 3.8) is 0 Å². The minimum absolute atomic E-state index is 0.0349. The molecule has 2 aliphatic heterocycles. The molecule has 250 valence electrons. The van der Waals surface area contributed by atoms with Crippen LogP contribution in [0.1, 0.15) is 89.4 Å². The molecular weight excluding hydrogens is 750 g/mol. The van der Waals surface area contributed by atoms with Gasteiger partial charge in [0.25, 0.3) is 0 Å². The van der Waals surface area contributed by atoms with Gasteiger partial charge < -0.3 is 4.74 Å². The Morgan fingerprint density at radius 3 is 1.58 bits per heavy atom. The Morgan fingerprint density at radius 1 is 0.729 bits per heavy atom. The highest BCUT2D eigenvalue weighted by atomic mass is 79.9. The molecule has 4 aromatic carbocycles. The van der Waals surface area contributed by atoms with Gasteiger partial charge in [-0.15, -0.1) is 0 Å². The Bertz CT molecular complexity index is 1870. The molecule has 4 nitrogen and oxygen atoms in total. The first-order valence-corrected chi connectivity index (χ1v) is 18.1. The molecule has 4 unspecified atom stereocenters. The first kappa shape index (κ1) is 36.6. The molecule has 0 radical (unpaired) electrons. The number of ether oxygens (including phenoxy) is 1. The fourth-order valence-electron chi connectivity index (χ4n) is 6.29. The number of aryl methyl sites for hydroxylation is 2. The van der Waals surface area contributed by atoms with Crippen LogP contribution in [-0.4, -0.2) is 25.0 Å². The summed E-state index contributed by atoms with van der Waals surface area (Å²) in [6.07, 6.45) is 5.76. The predicted molar refractivity (Wildman–Crippen MR) is 205 cm³/mol. The van der Waals surface area contributed by atoms with E-state index in [4.69, 9.17) is 61.1 Å². The maximum Gasteiger partial charge on any atom is 0.338 e. The van der Waals surface area contributed by atoms with E-state index < -0.39 is 0 Å². The summed E-state index contributed by atoms with van der Waals surface area (Å²) in [6.45, 7) is 10.5. The SMILES string of the molecule is CCOC(=O)c1ccc(C2CC(C)(c3cc(Cl)cc(Cl)c3)C=N2)cc1C.Cc1cc(C2CC(C)(c3cc(Cl)cc(Cl)c3)C=N2)ccc1Br. The summed E-state index contributed by atoms with van der Waals surface area (Å²) in [5.74, 6) is -0.287. The van der Waals surface area contributed by atoms with Crippen LogP contribution in [0.25, 0.3) is 0 Å². The number of hydrogen-bond acceptors (Lipinski definition) is 4. The van der Waals surface area contributed by atoms with Crippen molar-refractivity contribution < 1.29 is 9.53 Å². The van der Waals surface area contributed by atoms with Gasteiger partial charge in [-0.1, -0.05) is 100 Å². The van der Waals surface area contributed by atoms with E-state index in [1.807, 2.05) is 61.8 Å². The van der Waals surface area contributed by atoms with Gasteiger partial charge in [-0.3, -0.25) is 9.98 Å². The third-order valence-electron chi connectivity index (χ3n) is 9.06. The molecule has 2 aliphatic rings. The molecular formula is C39H37BrCl4N2O2.